The molecule has 1 aromatic heterocycles. The number of carboxylic acids is 1. The summed E-state index contributed by atoms with van der Waals surface area (Å²) in [5, 5.41) is 11.6. The topological polar surface area (TPSA) is 79.3 Å². The molecule has 108 valence electrons. The van der Waals surface area contributed by atoms with E-state index < -0.39 is 11.9 Å². The Hall–Kier alpha value is -2.76. The number of aromatic carboxylic acids is 1. The number of benzene rings is 1. The number of rotatable bonds is 4. The van der Waals surface area contributed by atoms with Gasteiger partial charge in [0.25, 0.3) is 5.91 Å². The third-order valence-electron chi connectivity index (χ3n) is 2.96. The first-order chi connectivity index (χ1) is 9.97. The number of hydrogen-bond acceptors (Lipinski definition) is 3. The van der Waals surface area contributed by atoms with Crippen LogP contribution in [0.2, 0.25) is 0 Å². The number of aromatic nitrogens is 1. The van der Waals surface area contributed by atoms with Gasteiger partial charge in [-0.1, -0.05) is 12.1 Å². The van der Waals surface area contributed by atoms with Crippen molar-refractivity contribution in [2.45, 2.75) is 13.0 Å². The second-order valence-corrected chi connectivity index (χ2v) is 4.48. The molecule has 1 aromatic carbocycles. The van der Waals surface area contributed by atoms with Crippen LogP contribution in [0.25, 0.3) is 0 Å². The summed E-state index contributed by atoms with van der Waals surface area (Å²) in [5.74, 6) is -1.97. The molecule has 2 aromatic rings. The molecule has 0 aliphatic carbocycles. The molecule has 1 unspecified atom stereocenters. The highest BCUT2D eigenvalue weighted by molar-refractivity contribution is 5.96. The molecule has 1 atom stereocenters. The minimum atomic E-state index is -1.20. The summed E-state index contributed by atoms with van der Waals surface area (Å²) in [7, 11) is 0. The van der Waals surface area contributed by atoms with Gasteiger partial charge in [-0.25, -0.2) is 14.2 Å². The molecule has 0 spiro atoms. The molecule has 0 aliphatic rings. The second-order valence-electron chi connectivity index (χ2n) is 4.48. The van der Waals surface area contributed by atoms with E-state index in [1.54, 1.807) is 19.1 Å². The van der Waals surface area contributed by atoms with E-state index in [9.17, 15) is 14.0 Å². The number of carbonyl (C=O) groups is 2. The fourth-order valence-corrected chi connectivity index (χ4v) is 1.80. The summed E-state index contributed by atoms with van der Waals surface area (Å²) in [6, 6.07) is 8.08. The van der Waals surface area contributed by atoms with Crippen LogP contribution < -0.4 is 5.32 Å². The summed E-state index contributed by atoms with van der Waals surface area (Å²) >= 11 is 0. The van der Waals surface area contributed by atoms with E-state index in [-0.39, 0.29) is 23.1 Å². The molecule has 0 fully saturated rings. The van der Waals surface area contributed by atoms with Gasteiger partial charge in [0.2, 0.25) is 0 Å². The SMILES string of the molecule is CC(NC(=O)c1ccnc(C(=O)O)c1)c1ccc(F)cc1. The van der Waals surface area contributed by atoms with Gasteiger partial charge in [-0.05, 0) is 36.8 Å². The summed E-state index contributed by atoms with van der Waals surface area (Å²) in [5.41, 5.74) is 0.755. The van der Waals surface area contributed by atoms with Crippen molar-refractivity contribution in [3.05, 3.63) is 65.2 Å². The summed E-state index contributed by atoms with van der Waals surface area (Å²) in [4.78, 5) is 26.5. The van der Waals surface area contributed by atoms with Crippen molar-refractivity contribution in [3.8, 4) is 0 Å². The predicted octanol–water partition coefficient (Wildman–Crippen LogP) is 2.41. The van der Waals surface area contributed by atoms with E-state index in [2.05, 4.69) is 10.3 Å². The Bertz CT molecular complexity index is 671. The Labute approximate surface area is 120 Å². The number of carboxylic acid groups (broad SMARTS) is 1. The number of pyridine rings is 1. The Morgan fingerprint density at radius 1 is 1.24 bits per heavy atom. The van der Waals surface area contributed by atoms with Crippen molar-refractivity contribution >= 4 is 11.9 Å². The van der Waals surface area contributed by atoms with Crippen LogP contribution in [0.4, 0.5) is 4.39 Å². The standard InChI is InChI=1S/C15H13FN2O3/c1-9(10-2-4-12(16)5-3-10)18-14(19)11-6-7-17-13(8-11)15(20)21/h2-9H,1H3,(H,18,19)(H,20,21). The Morgan fingerprint density at radius 3 is 2.52 bits per heavy atom. The molecule has 21 heavy (non-hydrogen) atoms. The maximum Gasteiger partial charge on any atom is 0.354 e. The lowest BCUT2D eigenvalue weighted by Crippen LogP contribution is -2.27. The van der Waals surface area contributed by atoms with Crippen molar-refractivity contribution in [1.82, 2.24) is 10.3 Å². The molecule has 2 rings (SSSR count). The van der Waals surface area contributed by atoms with Gasteiger partial charge in [-0.15, -0.1) is 0 Å². The van der Waals surface area contributed by atoms with Gasteiger partial charge in [0.05, 0.1) is 6.04 Å². The second kappa shape index (κ2) is 6.13. The quantitative estimate of drug-likeness (QED) is 0.905. The molecule has 5 nitrogen and oxygen atoms in total. The minimum absolute atomic E-state index is 0.197. The van der Waals surface area contributed by atoms with Crippen LogP contribution in [0.1, 0.15) is 39.4 Å². The summed E-state index contributed by atoms with van der Waals surface area (Å²) < 4.78 is 12.8. The fourth-order valence-electron chi connectivity index (χ4n) is 1.80. The third kappa shape index (κ3) is 3.62. The molecular weight excluding hydrogens is 275 g/mol. The highest BCUT2D eigenvalue weighted by Gasteiger charge is 2.14. The van der Waals surface area contributed by atoms with E-state index in [0.717, 1.165) is 5.56 Å². The van der Waals surface area contributed by atoms with E-state index >= 15 is 0 Å². The van der Waals surface area contributed by atoms with Crippen LogP contribution in [0.5, 0.6) is 0 Å². The maximum absolute atomic E-state index is 12.8. The van der Waals surface area contributed by atoms with Crippen molar-refractivity contribution in [2.24, 2.45) is 0 Å². The first-order valence-corrected chi connectivity index (χ1v) is 6.23. The largest absolute Gasteiger partial charge is 0.477 e. The zero-order chi connectivity index (χ0) is 15.4. The van der Waals surface area contributed by atoms with Crippen LogP contribution in [-0.4, -0.2) is 22.0 Å². The average molecular weight is 288 g/mol. The van der Waals surface area contributed by atoms with Crippen LogP contribution in [0, 0.1) is 5.82 Å². The predicted molar refractivity (Wildman–Crippen MR) is 73.5 cm³/mol. The Kier molecular flexibility index (Phi) is 4.27. The molecule has 0 aliphatic heterocycles. The van der Waals surface area contributed by atoms with Crippen LogP contribution in [0.15, 0.2) is 42.6 Å². The van der Waals surface area contributed by atoms with E-state index in [1.807, 2.05) is 0 Å². The van der Waals surface area contributed by atoms with Gasteiger partial charge < -0.3 is 10.4 Å². The summed E-state index contributed by atoms with van der Waals surface area (Å²) in [6.07, 6.45) is 1.26. The normalized spacial score (nSPS) is 11.7. The zero-order valence-electron chi connectivity index (χ0n) is 11.2. The lowest BCUT2D eigenvalue weighted by molar-refractivity contribution is 0.0690. The van der Waals surface area contributed by atoms with Crippen LogP contribution in [0.3, 0.4) is 0 Å². The average Bonchev–Trinajstić information content (AvgIpc) is 2.48. The van der Waals surface area contributed by atoms with E-state index in [4.69, 9.17) is 5.11 Å². The monoisotopic (exact) mass is 288 g/mol. The van der Waals surface area contributed by atoms with Gasteiger partial charge >= 0.3 is 5.97 Å². The van der Waals surface area contributed by atoms with Crippen LogP contribution >= 0.6 is 0 Å². The molecule has 0 bridgehead atoms. The van der Waals surface area contributed by atoms with Crippen molar-refractivity contribution in [2.75, 3.05) is 0 Å². The maximum atomic E-state index is 12.8. The van der Waals surface area contributed by atoms with Crippen molar-refractivity contribution in [1.29, 1.82) is 0 Å². The zero-order valence-corrected chi connectivity index (χ0v) is 11.2. The van der Waals surface area contributed by atoms with Gasteiger partial charge in [0.15, 0.2) is 0 Å². The molecule has 0 saturated heterocycles. The highest BCUT2D eigenvalue weighted by atomic mass is 19.1. The Morgan fingerprint density at radius 2 is 1.90 bits per heavy atom. The number of carbonyl (C=O) groups excluding carboxylic acids is 1. The number of amides is 1. The third-order valence-corrected chi connectivity index (χ3v) is 2.96. The van der Waals surface area contributed by atoms with Crippen molar-refractivity contribution < 1.29 is 19.1 Å². The van der Waals surface area contributed by atoms with Gasteiger partial charge in [-0.2, -0.15) is 0 Å². The van der Waals surface area contributed by atoms with E-state index in [0.29, 0.717) is 0 Å². The molecule has 2 N–H and O–H groups in total. The minimum Gasteiger partial charge on any atom is -0.477 e. The fraction of sp³-hybridized carbons (Fsp3) is 0.133. The van der Waals surface area contributed by atoms with Gasteiger partial charge in [0, 0.05) is 11.8 Å². The lowest BCUT2D eigenvalue weighted by Gasteiger charge is -2.14. The van der Waals surface area contributed by atoms with Gasteiger partial charge in [-0.3, -0.25) is 4.79 Å². The molecule has 1 heterocycles. The molecule has 0 saturated carbocycles. The first kappa shape index (κ1) is 14.6. The first-order valence-electron chi connectivity index (χ1n) is 6.23. The Balaban J connectivity index is 2.12. The molecule has 0 radical (unpaired) electrons. The number of nitrogens with one attached hydrogen (secondary N) is 1. The highest BCUT2D eigenvalue weighted by Crippen LogP contribution is 2.14. The molecule has 6 heteroatoms. The number of halogens is 1. The van der Waals surface area contributed by atoms with Crippen LogP contribution in [-0.2, 0) is 0 Å². The lowest BCUT2D eigenvalue weighted by atomic mass is 10.1. The molecule has 1 amide bonds. The number of hydrogen-bond donors (Lipinski definition) is 2. The smallest absolute Gasteiger partial charge is 0.354 e. The van der Waals surface area contributed by atoms with Gasteiger partial charge in [0.1, 0.15) is 11.5 Å². The summed E-state index contributed by atoms with van der Waals surface area (Å²) in [6.45, 7) is 1.75. The number of nitrogens with zero attached hydrogens (tertiary/aromatic N) is 1. The van der Waals surface area contributed by atoms with E-state index in [1.165, 1.54) is 30.5 Å². The van der Waals surface area contributed by atoms with Crippen molar-refractivity contribution in [3.63, 3.8) is 0 Å². The molecular formula is C15H13FN2O3.